The van der Waals surface area contributed by atoms with Gasteiger partial charge in [-0.15, -0.1) is 0 Å². The first-order chi connectivity index (χ1) is 6.12. The molecule has 1 atom stereocenters. The number of nitrogens with zero attached hydrogens (tertiary/aromatic N) is 1. The van der Waals surface area contributed by atoms with Gasteiger partial charge in [0.25, 0.3) is 0 Å². The van der Waals surface area contributed by atoms with E-state index in [1.54, 1.807) is 0 Å². The fourth-order valence-corrected chi connectivity index (χ4v) is 2.08. The van der Waals surface area contributed by atoms with Crippen molar-refractivity contribution in [1.29, 1.82) is 0 Å². The van der Waals surface area contributed by atoms with Gasteiger partial charge < -0.3 is 9.64 Å². The van der Waals surface area contributed by atoms with Gasteiger partial charge in [-0.25, -0.2) is 0 Å². The van der Waals surface area contributed by atoms with Crippen LogP contribution in [0, 0.1) is 11.3 Å². The average Bonchev–Trinajstić information content (AvgIpc) is 2.46. The van der Waals surface area contributed by atoms with Gasteiger partial charge in [0.05, 0.1) is 12.0 Å². The monoisotopic (exact) mass is 183 g/mol. The summed E-state index contributed by atoms with van der Waals surface area (Å²) in [5, 5.41) is 0. The van der Waals surface area contributed by atoms with E-state index >= 15 is 0 Å². The van der Waals surface area contributed by atoms with Crippen molar-refractivity contribution in [2.75, 3.05) is 26.3 Å². The molecule has 0 aliphatic carbocycles. The zero-order chi connectivity index (χ0) is 9.47. The highest BCUT2D eigenvalue weighted by atomic mass is 16.5. The van der Waals surface area contributed by atoms with Crippen LogP contribution >= 0.6 is 0 Å². The molecule has 0 aromatic rings. The maximum atomic E-state index is 11.9. The zero-order valence-electron chi connectivity index (χ0n) is 8.38. The minimum atomic E-state index is -0.222. The zero-order valence-corrected chi connectivity index (χ0v) is 8.38. The smallest absolute Gasteiger partial charge is 0.230 e. The molecular weight excluding hydrogens is 166 g/mol. The third kappa shape index (κ3) is 1.46. The van der Waals surface area contributed by atoms with Crippen LogP contribution < -0.4 is 0 Å². The number of carbonyl (C=O) groups excluding carboxylic acids is 1. The van der Waals surface area contributed by atoms with Crippen molar-refractivity contribution in [2.45, 2.75) is 20.3 Å². The Bertz CT molecular complexity index is 215. The second-order valence-corrected chi connectivity index (χ2v) is 4.68. The Morgan fingerprint density at radius 2 is 2.23 bits per heavy atom. The summed E-state index contributed by atoms with van der Waals surface area (Å²) in [6.07, 6.45) is 0.886. The fourth-order valence-electron chi connectivity index (χ4n) is 2.08. The second-order valence-electron chi connectivity index (χ2n) is 4.68. The van der Waals surface area contributed by atoms with E-state index in [9.17, 15) is 4.79 Å². The van der Waals surface area contributed by atoms with Gasteiger partial charge in [0.1, 0.15) is 0 Å². The molecule has 1 amide bonds. The van der Waals surface area contributed by atoms with Gasteiger partial charge in [0, 0.05) is 19.7 Å². The van der Waals surface area contributed by atoms with Gasteiger partial charge >= 0.3 is 0 Å². The quantitative estimate of drug-likeness (QED) is 0.604. The standard InChI is InChI=1S/C10H17NO2/c1-8-5-11(6-8)9(12)10(2)3-4-13-7-10/h8H,3-7H2,1-2H3. The molecule has 3 nitrogen and oxygen atoms in total. The van der Waals surface area contributed by atoms with Crippen molar-refractivity contribution >= 4 is 5.91 Å². The Balaban J connectivity index is 1.96. The van der Waals surface area contributed by atoms with Crippen LogP contribution in [0.15, 0.2) is 0 Å². The van der Waals surface area contributed by atoms with E-state index in [2.05, 4.69) is 6.92 Å². The lowest BCUT2D eigenvalue weighted by Gasteiger charge is -2.41. The first kappa shape index (κ1) is 9.00. The van der Waals surface area contributed by atoms with Gasteiger partial charge in [-0.3, -0.25) is 4.79 Å². The summed E-state index contributed by atoms with van der Waals surface area (Å²) < 4.78 is 5.28. The van der Waals surface area contributed by atoms with Crippen LogP contribution in [0.1, 0.15) is 20.3 Å². The molecule has 1 unspecified atom stereocenters. The molecule has 2 saturated heterocycles. The summed E-state index contributed by atoms with van der Waals surface area (Å²) in [4.78, 5) is 13.9. The number of hydrogen-bond acceptors (Lipinski definition) is 2. The molecule has 2 rings (SSSR count). The summed E-state index contributed by atoms with van der Waals surface area (Å²) in [5.74, 6) is 0.984. The van der Waals surface area contributed by atoms with E-state index in [-0.39, 0.29) is 5.41 Å². The molecule has 2 aliphatic heterocycles. The molecule has 13 heavy (non-hydrogen) atoms. The van der Waals surface area contributed by atoms with Crippen molar-refractivity contribution < 1.29 is 9.53 Å². The average molecular weight is 183 g/mol. The van der Waals surface area contributed by atoms with Crippen molar-refractivity contribution in [3.05, 3.63) is 0 Å². The van der Waals surface area contributed by atoms with Crippen molar-refractivity contribution in [3.63, 3.8) is 0 Å². The number of ether oxygens (including phenoxy) is 1. The van der Waals surface area contributed by atoms with Crippen molar-refractivity contribution in [3.8, 4) is 0 Å². The minimum absolute atomic E-state index is 0.222. The molecule has 3 heteroatoms. The molecular formula is C10H17NO2. The van der Waals surface area contributed by atoms with Crippen LogP contribution in [0.25, 0.3) is 0 Å². The highest BCUT2D eigenvalue weighted by Crippen LogP contribution is 2.32. The van der Waals surface area contributed by atoms with Crippen LogP contribution in [0.3, 0.4) is 0 Å². The molecule has 74 valence electrons. The van der Waals surface area contributed by atoms with E-state index in [4.69, 9.17) is 4.74 Å². The Morgan fingerprint density at radius 3 is 2.69 bits per heavy atom. The lowest BCUT2D eigenvalue weighted by Crippen LogP contribution is -2.54. The van der Waals surface area contributed by atoms with Crippen LogP contribution in [-0.4, -0.2) is 37.1 Å². The van der Waals surface area contributed by atoms with Gasteiger partial charge in [-0.1, -0.05) is 6.92 Å². The third-order valence-corrected chi connectivity index (χ3v) is 3.09. The minimum Gasteiger partial charge on any atom is -0.380 e. The molecule has 0 saturated carbocycles. The molecule has 0 bridgehead atoms. The summed E-state index contributed by atoms with van der Waals surface area (Å²) in [6, 6.07) is 0. The maximum Gasteiger partial charge on any atom is 0.230 e. The Morgan fingerprint density at radius 1 is 1.54 bits per heavy atom. The highest BCUT2D eigenvalue weighted by Gasteiger charge is 2.42. The van der Waals surface area contributed by atoms with Gasteiger partial charge in [0.2, 0.25) is 5.91 Å². The first-order valence-corrected chi connectivity index (χ1v) is 4.99. The van der Waals surface area contributed by atoms with E-state index in [0.29, 0.717) is 18.4 Å². The van der Waals surface area contributed by atoms with Crippen molar-refractivity contribution in [1.82, 2.24) is 4.90 Å². The number of hydrogen-bond donors (Lipinski definition) is 0. The molecule has 0 spiro atoms. The maximum absolute atomic E-state index is 11.9. The second kappa shape index (κ2) is 2.98. The third-order valence-electron chi connectivity index (χ3n) is 3.09. The number of carbonyl (C=O) groups is 1. The lowest BCUT2D eigenvalue weighted by atomic mass is 9.86. The molecule has 0 aromatic heterocycles. The molecule has 0 radical (unpaired) electrons. The van der Waals surface area contributed by atoms with Crippen LogP contribution in [0.4, 0.5) is 0 Å². The number of likely N-dealkylation sites (tertiary alicyclic amines) is 1. The fraction of sp³-hybridized carbons (Fsp3) is 0.900. The Labute approximate surface area is 79.0 Å². The molecule has 0 N–H and O–H groups in total. The summed E-state index contributed by atoms with van der Waals surface area (Å²) in [5.41, 5.74) is -0.222. The Kier molecular flexibility index (Phi) is 2.06. The van der Waals surface area contributed by atoms with E-state index in [1.165, 1.54) is 0 Å². The van der Waals surface area contributed by atoms with E-state index in [0.717, 1.165) is 26.1 Å². The molecule has 2 heterocycles. The van der Waals surface area contributed by atoms with E-state index < -0.39 is 0 Å². The predicted octanol–water partition coefficient (Wildman–Crippen LogP) is 0.891. The normalized spacial score (nSPS) is 34.8. The lowest BCUT2D eigenvalue weighted by molar-refractivity contribution is -0.147. The van der Waals surface area contributed by atoms with Gasteiger partial charge in [0.15, 0.2) is 0 Å². The summed E-state index contributed by atoms with van der Waals surface area (Å²) >= 11 is 0. The summed E-state index contributed by atoms with van der Waals surface area (Å²) in [6.45, 7) is 7.42. The number of amides is 1. The number of rotatable bonds is 1. The molecule has 2 fully saturated rings. The predicted molar refractivity (Wildman–Crippen MR) is 49.3 cm³/mol. The summed E-state index contributed by atoms with van der Waals surface area (Å²) in [7, 11) is 0. The molecule has 2 aliphatic rings. The Hall–Kier alpha value is -0.570. The van der Waals surface area contributed by atoms with Crippen molar-refractivity contribution in [2.24, 2.45) is 11.3 Å². The van der Waals surface area contributed by atoms with E-state index in [1.807, 2.05) is 11.8 Å². The SMILES string of the molecule is CC1CN(C(=O)C2(C)CCOC2)C1. The largest absolute Gasteiger partial charge is 0.380 e. The van der Waals surface area contributed by atoms with Crippen LogP contribution in [-0.2, 0) is 9.53 Å². The first-order valence-electron chi connectivity index (χ1n) is 4.99. The van der Waals surface area contributed by atoms with Crippen LogP contribution in [0.2, 0.25) is 0 Å². The van der Waals surface area contributed by atoms with Crippen LogP contribution in [0.5, 0.6) is 0 Å². The van der Waals surface area contributed by atoms with Gasteiger partial charge in [-0.2, -0.15) is 0 Å². The molecule has 0 aromatic carbocycles. The topological polar surface area (TPSA) is 29.5 Å². The highest BCUT2D eigenvalue weighted by molar-refractivity contribution is 5.83. The van der Waals surface area contributed by atoms with Gasteiger partial charge in [-0.05, 0) is 19.3 Å².